The summed E-state index contributed by atoms with van der Waals surface area (Å²) in [6.07, 6.45) is 0.356. The number of ether oxygens (including phenoxy) is 1. The van der Waals surface area contributed by atoms with Crippen molar-refractivity contribution in [2.45, 2.75) is 25.4 Å². The molecule has 2 unspecified atom stereocenters. The number of amides is 1. The highest BCUT2D eigenvalue weighted by Gasteiger charge is 2.25. The zero-order valence-electron chi connectivity index (χ0n) is 10.7. The van der Waals surface area contributed by atoms with E-state index >= 15 is 0 Å². The van der Waals surface area contributed by atoms with Crippen LogP contribution in [0.3, 0.4) is 0 Å². The van der Waals surface area contributed by atoms with Gasteiger partial charge in [0, 0.05) is 19.0 Å². The van der Waals surface area contributed by atoms with Gasteiger partial charge in [-0.2, -0.15) is 0 Å². The van der Waals surface area contributed by atoms with Crippen molar-refractivity contribution in [2.75, 3.05) is 19.8 Å². The Morgan fingerprint density at radius 2 is 2.22 bits per heavy atom. The van der Waals surface area contributed by atoms with Crippen LogP contribution in [-0.2, 0) is 9.53 Å². The molecule has 98 valence electrons. The predicted octanol–water partition coefficient (Wildman–Crippen LogP) is 1.32. The van der Waals surface area contributed by atoms with Crippen LogP contribution in [0.4, 0.5) is 0 Å². The summed E-state index contributed by atoms with van der Waals surface area (Å²) in [6.45, 7) is 3.91. The smallest absolute Gasteiger partial charge is 0.224 e. The van der Waals surface area contributed by atoms with Gasteiger partial charge in [-0.1, -0.05) is 30.3 Å². The van der Waals surface area contributed by atoms with Gasteiger partial charge in [0.15, 0.2) is 0 Å². The Balaban J connectivity index is 1.94. The summed E-state index contributed by atoms with van der Waals surface area (Å²) in [4.78, 5) is 14.0. The molecular weight excluding hydrogens is 228 g/mol. The van der Waals surface area contributed by atoms with Crippen molar-refractivity contribution < 1.29 is 9.53 Å². The van der Waals surface area contributed by atoms with Crippen LogP contribution in [0.15, 0.2) is 30.3 Å². The molecule has 0 bridgehead atoms. The Labute approximate surface area is 108 Å². The zero-order valence-corrected chi connectivity index (χ0v) is 10.7. The van der Waals surface area contributed by atoms with Gasteiger partial charge >= 0.3 is 0 Å². The van der Waals surface area contributed by atoms with Crippen LogP contribution in [0.1, 0.15) is 24.9 Å². The van der Waals surface area contributed by atoms with Gasteiger partial charge in [0.25, 0.3) is 0 Å². The van der Waals surface area contributed by atoms with E-state index in [1.165, 1.54) is 0 Å². The van der Waals surface area contributed by atoms with Gasteiger partial charge in [-0.05, 0) is 12.5 Å². The molecule has 18 heavy (non-hydrogen) atoms. The van der Waals surface area contributed by atoms with Crippen molar-refractivity contribution in [3.8, 4) is 0 Å². The fraction of sp³-hybridized carbons (Fsp3) is 0.500. The van der Waals surface area contributed by atoms with E-state index in [2.05, 4.69) is 0 Å². The second-order valence-corrected chi connectivity index (χ2v) is 4.73. The minimum absolute atomic E-state index is 0.113. The number of carbonyl (C=O) groups is 1. The molecule has 2 rings (SSSR count). The Bertz CT molecular complexity index is 394. The van der Waals surface area contributed by atoms with E-state index in [-0.39, 0.29) is 18.0 Å². The standard InChI is InChI=1S/C14H20N2O2/c1-11-10-18-8-7-16(11)14(17)9-13(15)12-5-3-2-4-6-12/h2-6,11,13H,7-10,15H2,1H3. The molecule has 0 aliphatic carbocycles. The zero-order chi connectivity index (χ0) is 13.0. The number of morpholine rings is 1. The van der Waals surface area contributed by atoms with Gasteiger partial charge in [0.2, 0.25) is 5.91 Å². The largest absolute Gasteiger partial charge is 0.377 e. The van der Waals surface area contributed by atoms with E-state index in [4.69, 9.17) is 10.5 Å². The minimum atomic E-state index is -0.228. The van der Waals surface area contributed by atoms with Crippen LogP contribution in [-0.4, -0.2) is 36.6 Å². The van der Waals surface area contributed by atoms with E-state index in [0.717, 1.165) is 5.56 Å². The Morgan fingerprint density at radius 3 is 2.89 bits per heavy atom. The lowest BCUT2D eigenvalue weighted by atomic mass is 10.0. The quantitative estimate of drug-likeness (QED) is 0.878. The molecule has 4 nitrogen and oxygen atoms in total. The van der Waals surface area contributed by atoms with Crippen molar-refractivity contribution >= 4 is 5.91 Å². The predicted molar refractivity (Wildman–Crippen MR) is 70.0 cm³/mol. The van der Waals surface area contributed by atoms with E-state index in [9.17, 15) is 4.79 Å². The second kappa shape index (κ2) is 5.98. The molecule has 1 aliphatic heterocycles. The number of nitrogens with two attached hydrogens (primary N) is 1. The maximum atomic E-state index is 12.2. The van der Waals surface area contributed by atoms with Crippen LogP contribution in [0.5, 0.6) is 0 Å². The molecule has 2 N–H and O–H groups in total. The third kappa shape index (κ3) is 3.09. The number of nitrogens with zero attached hydrogens (tertiary/aromatic N) is 1. The molecule has 2 atom stereocenters. The van der Waals surface area contributed by atoms with Crippen molar-refractivity contribution in [2.24, 2.45) is 5.73 Å². The monoisotopic (exact) mass is 248 g/mol. The van der Waals surface area contributed by atoms with Gasteiger partial charge in [-0.3, -0.25) is 4.79 Å². The third-order valence-electron chi connectivity index (χ3n) is 3.31. The number of benzene rings is 1. The highest BCUT2D eigenvalue weighted by atomic mass is 16.5. The lowest BCUT2D eigenvalue weighted by molar-refractivity contribution is -0.139. The molecule has 0 spiro atoms. The van der Waals surface area contributed by atoms with Crippen LogP contribution >= 0.6 is 0 Å². The molecule has 0 saturated carbocycles. The summed E-state index contributed by atoms with van der Waals surface area (Å²) in [5.74, 6) is 0.113. The summed E-state index contributed by atoms with van der Waals surface area (Å²) in [5.41, 5.74) is 7.08. The van der Waals surface area contributed by atoms with E-state index in [1.54, 1.807) is 0 Å². The summed E-state index contributed by atoms with van der Waals surface area (Å²) in [6, 6.07) is 9.67. The fourth-order valence-electron chi connectivity index (χ4n) is 2.22. The van der Waals surface area contributed by atoms with E-state index < -0.39 is 0 Å². The average Bonchev–Trinajstić information content (AvgIpc) is 2.40. The topological polar surface area (TPSA) is 55.6 Å². The maximum Gasteiger partial charge on any atom is 0.224 e. The van der Waals surface area contributed by atoms with Gasteiger partial charge in [-0.25, -0.2) is 0 Å². The molecule has 1 fully saturated rings. The van der Waals surface area contributed by atoms with E-state index in [1.807, 2.05) is 42.2 Å². The minimum Gasteiger partial charge on any atom is -0.377 e. The van der Waals surface area contributed by atoms with Crippen molar-refractivity contribution in [3.63, 3.8) is 0 Å². The molecule has 0 radical (unpaired) electrons. The highest BCUT2D eigenvalue weighted by Crippen LogP contribution is 2.16. The van der Waals surface area contributed by atoms with Crippen molar-refractivity contribution in [3.05, 3.63) is 35.9 Å². The van der Waals surface area contributed by atoms with Crippen molar-refractivity contribution in [1.29, 1.82) is 0 Å². The molecule has 1 saturated heterocycles. The molecular formula is C14H20N2O2. The van der Waals surface area contributed by atoms with Crippen LogP contribution in [0.2, 0.25) is 0 Å². The Hall–Kier alpha value is -1.39. The first kappa shape index (κ1) is 13.1. The molecule has 1 aromatic carbocycles. The van der Waals surface area contributed by atoms with Crippen LogP contribution < -0.4 is 5.73 Å². The first-order valence-corrected chi connectivity index (χ1v) is 6.36. The third-order valence-corrected chi connectivity index (χ3v) is 3.31. The van der Waals surface area contributed by atoms with Crippen LogP contribution in [0.25, 0.3) is 0 Å². The summed E-state index contributed by atoms with van der Waals surface area (Å²) >= 11 is 0. The maximum absolute atomic E-state index is 12.2. The Kier molecular flexibility index (Phi) is 4.33. The van der Waals surface area contributed by atoms with Crippen molar-refractivity contribution in [1.82, 2.24) is 4.90 Å². The van der Waals surface area contributed by atoms with Gasteiger partial charge in [0.1, 0.15) is 0 Å². The lowest BCUT2D eigenvalue weighted by Crippen LogP contribution is -2.47. The molecule has 1 heterocycles. The summed E-state index contributed by atoms with van der Waals surface area (Å²) in [5, 5.41) is 0. The highest BCUT2D eigenvalue weighted by molar-refractivity contribution is 5.77. The van der Waals surface area contributed by atoms with Gasteiger partial charge < -0.3 is 15.4 Å². The lowest BCUT2D eigenvalue weighted by Gasteiger charge is -2.34. The first-order valence-electron chi connectivity index (χ1n) is 6.36. The van der Waals surface area contributed by atoms with Crippen LogP contribution in [0, 0.1) is 0 Å². The molecule has 1 aliphatic rings. The summed E-state index contributed by atoms with van der Waals surface area (Å²) in [7, 11) is 0. The molecule has 1 amide bonds. The molecule has 4 heteroatoms. The molecule has 1 aromatic rings. The average molecular weight is 248 g/mol. The SMILES string of the molecule is CC1COCCN1C(=O)CC(N)c1ccccc1. The summed E-state index contributed by atoms with van der Waals surface area (Å²) < 4.78 is 5.33. The normalized spacial score (nSPS) is 21.7. The number of rotatable bonds is 3. The Morgan fingerprint density at radius 1 is 1.50 bits per heavy atom. The number of hydrogen-bond donors (Lipinski definition) is 1. The fourth-order valence-corrected chi connectivity index (χ4v) is 2.22. The number of hydrogen-bond acceptors (Lipinski definition) is 3. The van der Waals surface area contributed by atoms with Gasteiger partial charge in [-0.15, -0.1) is 0 Å². The van der Waals surface area contributed by atoms with E-state index in [0.29, 0.717) is 26.2 Å². The first-order chi connectivity index (χ1) is 8.68. The number of carbonyl (C=O) groups excluding carboxylic acids is 1. The van der Waals surface area contributed by atoms with Gasteiger partial charge in [0.05, 0.1) is 19.3 Å². The second-order valence-electron chi connectivity index (χ2n) is 4.73. The molecule has 0 aromatic heterocycles.